The Balaban J connectivity index is 1.70. The van der Waals surface area contributed by atoms with Crippen LogP contribution in [0.4, 0.5) is 0 Å². The van der Waals surface area contributed by atoms with Gasteiger partial charge in [0.2, 0.25) is 0 Å². The molecular weight excluding hydrogens is 330 g/mol. The Bertz CT molecular complexity index is 584. The van der Waals surface area contributed by atoms with Gasteiger partial charge in [0, 0.05) is 30.2 Å². The maximum atomic E-state index is 12.7. The van der Waals surface area contributed by atoms with Crippen molar-refractivity contribution in [1.82, 2.24) is 4.90 Å². The van der Waals surface area contributed by atoms with Gasteiger partial charge in [0.25, 0.3) is 5.91 Å². The van der Waals surface area contributed by atoms with Crippen molar-refractivity contribution in [1.29, 1.82) is 0 Å². The maximum absolute atomic E-state index is 12.7. The van der Waals surface area contributed by atoms with Gasteiger partial charge in [0.1, 0.15) is 0 Å². The Morgan fingerprint density at radius 1 is 1.13 bits per heavy atom. The Morgan fingerprint density at radius 2 is 1.78 bits per heavy atom. The normalized spacial score (nSPS) is 25.5. The number of hydrogen-bond acceptors (Lipinski definition) is 4. The maximum Gasteiger partial charge on any atom is 0.308 e. The van der Waals surface area contributed by atoms with Gasteiger partial charge in [-0.1, -0.05) is 19.1 Å². The van der Waals surface area contributed by atoms with Gasteiger partial charge in [-0.05, 0) is 30.0 Å². The van der Waals surface area contributed by atoms with Gasteiger partial charge in [0.05, 0.1) is 10.5 Å². The molecule has 124 valence electrons. The fourth-order valence-electron chi connectivity index (χ4n) is 3.21. The monoisotopic (exact) mass is 351 g/mol. The molecule has 2 heterocycles. The molecule has 1 amide bonds. The third-order valence-electron chi connectivity index (χ3n) is 4.35. The van der Waals surface area contributed by atoms with Crippen LogP contribution in [0.2, 0.25) is 0 Å². The number of piperidine rings is 1. The SMILES string of the molecule is CC1CC(C(=O)O)CN(C(=O)c2ccc(C3SCCS3)cc2)C1. The molecule has 2 aliphatic rings. The van der Waals surface area contributed by atoms with Crippen LogP contribution in [0.1, 0.15) is 33.8 Å². The minimum absolute atomic E-state index is 0.0546. The average Bonchev–Trinajstić information content (AvgIpc) is 3.08. The van der Waals surface area contributed by atoms with E-state index in [1.165, 1.54) is 17.1 Å². The van der Waals surface area contributed by atoms with E-state index in [-0.39, 0.29) is 11.8 Å². The van der Waals surface area contributed by atoms with Gasteiger partial charge in [-0.25, -0.2) is 0 Å². The molecule has 1 aromatic rings. The van der Waals surface area contributed by atoms with Crippen LogP contribution >= 0.6 is 23.5 Å². The minimum atomic E-state index is -0.806. The van der Waals surface area contributed by atoms with Crippen LogP contribution in [-0.2, 0) is 4.79 Å². The number of carboxylic acid groups (broad SMARTS) is 1. The van der Waals surface area contributed by atoms with Crippen molar-refractivity contribution >= 4 is 35.4 Å². The molecule has 0 spiro atoms. The lowest BCUT2D eigenvalue weighted by atomic mass is 9.90. The summed E-state index contributed by atoms with van der Waals surface area (Å²) in [6, 6.07) is 7.83. The Kier molecular flexibility index (Phi) is 5.21. The standard InChI is InChI=1S/C17H21NO3S2/c1-11-8-14(16(20)21)10-18(9-11)15(19)12-2-4-13(5-3-12)17-22-6-7-23-17/h2-5,11,14,17H,6-10H2,1H3,(H,20,21). The summed E-state index contributed by atoms with van der Waals surface area (Å²) in [6.45, 7) is 2.96. The van der Waals surface area contributed by atoms with Gasteiger partial charge in [0.15, 0.2) is 0 Å². The molecule has 0 aromatic heterocycles. The summed E-state index contributed by atoms with van der Waals surface area (Å²) < 4.78 is 0.477. The number of rotatable bonds is 3. The molecule has 0 aliphatic carbocycles. The lowest BCUT2D eigenvalue weighted by Gasteiger charge is -2.34. The number of aliphatic carboxylic acids is 1. The zero-order valence-corrected chi connectivity index (χ0v) is 14.7. The third kappa shape index (κ3) is 3.86. The highest BCUT2D eigenvalue weighted by atomic mass is 32.2. The molecule has 4 nitrogen and oxygen atoms in total. The summed E-state index contributed by atoms with van der Waals surface area (Å²) in [7, 11) is 0. The number of likely N-dealkylation sites (tertiary alicyclic amines) is 1. The zero-order chi connectivity index (χ0) is 16.4. The van der Waals surface area contributed by atoms with E-state index in [1.807, 2.05) is 54.7 Å². The van der Waals surface area contributed by atoms with E-state index >= 15 is 0 Å². The second kappa shape index (κ2) is 7.18. The van der Waals surface area contributed by atoms with Crippen LogP contribution in [0.5, 0.6) is 0 Å². The van der Waals surface area contributed by atoms with E-state index in [2.05, 4.69) is 0 Å². The van der Waals surface area contributed by atoms with Crippen LogP contribution in [0, 0.1) is 11.8 Å². The number of carbonyl (C=O) groups excluding carboxylic acids is 1. The molecule has 0 radical (unpaired) electrons. The van der Waals surface area contributed by atoms with Crippen LogP contribution in [0.3, 0.4) is 0 Å². The second-order valence-corrected chi connectivity index (χ2v) is 9.01. The van der Waals surface area contributed by atoms with E-state index < -0.39 is 11.9 Å². The summed E-state index contributed by atoms with van der Waals surface area (Å²) in [4.78, 5) is 25.6. The second-order valence-electron chi connectivity index (χ2n) is 6.28. The number of carbonyl (C=O) groups is 2. The van der Waals surface area contributed by atoms with Crippen molar-refractivity contribution in [2.45, 2.75) is 17.9 Å². The van der Waals surface area contributed by atoms with E-state index in [9.17, 15) is 14.7 Å². The molecule has 2 atom stereocenters. The number of benzene rings is 1. The quantitative estimate of drug-likeness (QED) is 0.905. The van der Waals surface area contributed by atoms with Gasteiger partial charge in [-0.2, -0.15) is 0 Å². The summed E-state index contributed by atoms with van der Waals surface area (Å²) in [6.07, 6.45) is 0.647. The lowest BCUT2D eigenvalue weighted by molar-refractivity contribution is -0.143. The predicted octanol–water partition coefficient (Wildman–Crippen LogP) is 3.35. The number of thioether (sulfide) groups is 2. The molecule has 2 fully saturated rings. The highest BCUT2D eigenvalue weighted by molar-refractivity contribution is 8.19. The van der Waals surface area contributed by atoms with Crippen molar-refractivity contribution in [2.75, 3.05) is 24.6 Å². The Hall–Kier alpha value is -1.14. The zero-order valence-electron chi connectivity index (χ0n) is 13.1. The minimum Gasteiger partial charge on any atom is -0.481 e. The summed E-state index contributed by atoms with van der Waals surface area (Å²) >= 11 is 3.89. The molecular formula is C17H21NO3S2. The van der Waals surface area contributed by atoms with E-state index in [0.29, 0.717) is 29.7 Å². The number of hydrogen-bond donors (Lipinski definition) is 1. The smallest absolute Gasteiger partial charge is 0.308 e. The van der Waals surface area contributed by atoms with Crippen molar-refractivity contribution < 1.29 is 14.7 Å². The molecule has 0 saturated carbocycles. The number of amides is 1. The average molecular weight is 351 g/mol. The molecule has 6 heteroatoms. The molecule has 3 rings (SSSR count). The molecule has 2 saturated heterocycles. The summed E-state index contributed by atoms with van der Waals surface area (Å²) in [5, 5.41) is 9.24. The van der Waals surface area contributed by atoms with Crippen LogP contribution in [-0.4, -0.2) is 46.5 Å². The first kappa shape index (κ1) is 16.7. The molecule has 2 aliphatic heterocycles. The van der Waals surface area contributed by atoms with Crippen molar-refractivity contribution in [3.8, 4) is 0 Å². The largest absolute Gasteiger partial charge is 0.481 e. The molecule has 23 heavy (non-hydrogen) atoms. The summed E-state index contributed by atoms with van der Waals surface area (Å²) in [5.41, 5.74) is 1.91. The first-order valence-corrected chi connectivity index (χ1v) is 9.99. The van der Waals surface area contributed by atoms with Crippen molar-refractivity contribution in [3.63, 3.8) is 0 Å². The molecule has 0 bridgehead atoms. The van der Waals surface area contributed by atoms with E-state index in [1.54, 1.807) is 4.90 Å². The number of carboxylic acids is 1. The van der Waals surface area contributed by atoms with E-state index in [0.717, 1.165) is 0 Å². The predicted molar refractivity (Wildman–Crippen MR) is 94.9 cm³/mol. The lowest BCUT2D eigenvalue weighted by Crippen LogP contribution is -2.45. The van der Waals surface area contributed by atoms with Crippen molar-refractivity contribution in [2.24, 2.45) is 11.8 Å². The topological polar surface area (TPSA) is 57.6 Å². The van der Waals surface area contributed by atoms with Gasteiger partial charge < -0.3 is 10.0 Å². The van der Waals surface area contributed by atoms with Crippen LogP contribution < -0.4 is 0 Å². The summed E-state index contributed by atoms with van der Waals surface area (Å²) in [5.74, 6) is 1.27. The van der Waals surface area contributed by atoms with E-state index in [4.69, 9.17) is 0 Å². The third-order valence-corrected chi connectivity index (χ3v) is 7.45. The fourth-order valence-corrected chi connectivity index (χ4v) is 6.07. The highest BCUT2D eigenvalue weighted by Gasteiger charge is 2.32. The first-order valence-electron chi connectivity index (χ1n) is 7.90. The first-order chi connectivity index (χ1) is 11.0. The molecule has 1 N–H and O–H groups in total. The van der Waals surface area contributed by atoms with Crippen molar-refractivity contribution in [3.05, 3.63) is 35.4 Å². The molecule has 1 aromatic carbocycles. The number of nitrogens with zero attached hydrogens (tertiary/aromatic N) is 1. The van der Waals surface area contributed by atoms with Gasteiger partial charge >= 0.3 is 5.97 Å². The van der Waals surface area contributed by atoms with Crippen LogP contribution in [0.25, 0.3) is 0 Å². The Labute approximate surface area is 145 Å². The van der Waals surface area contributed by atoms with Gasteiger partial charge in [-0.15, -0.1) is 23.5 Å². The Morgan fingerprint density at radius 3 is 2.39 bits per heavy atom. The molecule has 2 unspecified atom stereocenters. The highest BCUT2D eigenvalue weighted by Crippen LogP contribution is 2.45. The van der Waals surface area contributed by atoms with Crippen LogP contribution in [0.15, 0.2) is 24.3 Å². The van der Waals surface area contributed by atoms with Gasteiger partial charge in [-0.3, -0.25) is 9.59 Å². The fraction of sp³-hybridized carbons (Fsp3) is 0.529.